The molecule has 2 N–H and O–H groups in total. The van der Waals surface area contributed by atoms with Gasteiger partial charge < -0.3 is 19.9 Å². The van der Waals surface area contributed by atoms with Gasteiger partial charge in [-0.25, -0.2) is 15.0 Å². The van der Waals surface area contributed by atoms with Gasteiger partial charge in [0.25, 0.3) is 5.91 Å². The molecule has 1 aliphatic rings. The third-order valence-electron chi connectivity index (χ3n) is 4.57. The lowest BCUT2D eigenvalue weighted by molar-refractivity contribution is 0.0620. The van der Waals surface area contributed by atoms with Crippen LogP contribution in [0.25, 0.3) is 11.0 Å². The molecule has 2 atom stereocenters. The fraction of sp³-hybridized carbons (Fsp3) is 0.333. The molecule has 1 amide bonds. The molecular weight excluding hydrogens is 332 g/mol. The first-order chi connectivity index (χ1) is 12.7. The van der Waals surface area contributed by atoms with Gasteiger partial charge in [-0.1, -0.05) is 6.07 Å². The number of carbonyl (C=O) groups is 1. The first-order valence-electron chi connectivity index (χ1n) is 8.53. The number of imidazole rings is 1. The lowest BCUT2D eigenvalue weighted by atomic mass is 10.0. The standard InChI is InChI=1S/C18H20N6O2/c1-24-11-21-14-4-2-3-12(17(14)24)18(25)23-13-6-8-26-9-15(13)22-16-5-7-19-10-20-16/h2-5,7,10-11,13,15H,6,8-9H2,1H3,(H,23,25)(H,19,20,22)/t13-,15+/m0/s1. The van der Waals surface area contributed by atoms with Crippen molar-refractivity contribution >= 4 is 22.8 Å². The Hall–Kier alpha value is -3.00. The van der Waals surface area contributed by atoms with Gasteiger partial charge in [-0.2, -0.15) is 0 Å². The zero-order valence-electron chi connectivity index (χ0n) is 14.4. The molecule has 8 nitrogen and oxygen atoms in total. The number of rotatable bonds is 4. The third kappa shape index (κ3) is 3.23. The van der Waals surface area contributed by atoms with E-state index in [4.69, 9.17) is 4.74 Å². The molecule has 3 heterocycles. The van der Waals surface area contributed by atoms with Crippen molar-refractivity contribution in [1.29, 1.82) is 0 Å². The largest absolute Gasteiger partial charge is 0.379 e. The number of fused-ring (bicyclic) bond motifs is 1. The Morgan fingerprint density at radius 3 is 3.04 bits per heavy atom. The predicted molar refractivity (Wildman–Crippen MR) is 96.8 cm³/mol. The van der Waals surface area contributed by atoms with Gasteiger partial charge in [-0.05, 0) is 24.6 Å². The minimum atomic E-state index is -0.111. The van der Waals surface area contributed by atoms with E-state index in [0.29, 0.717) is 24.6 Å². The number of hydrogen-bond donors (Lipinski definition) is 2. The second kappa shape index (κ2) is 7.09. The first-order valence-corrected chi connectivity index (χ1v) is 8.53. The van der Waals surface area contributed by atoms with Crippen molar-refractivity contribution in [3.63, 3.8) is 0 Å². The molecule has 4 rings (SSSR count). The molecule has 0 aliphatic carbocycles. The van der Waals surface area contributed by atoms with Crippen LogP contribution in [0.3, 0.4) is 0 Å². The van der Waals surface area contributed by atoms with Crippen LogP contribution in [0.1, 0.15) is 16.8 Å². The molecule has 1 aromatic carbocycles. The molecule has 2 aromatic heterocycles. The molecule has 8 heteroatoms. The van der Waals surface area contributed by atoms with Gasteiger partial charge in [-0.3, -0.25) is 4.79 Å². The first kappa shape index (κ1) is 16.5. The summed E-state index contributed by atoms with van der Waals surface area (Å²) in [5, 5.41) is 6.47. The minimum absolute atomic E-state index is 0.0605. The summed E-state index contributed by atoms with van der Waals surface area (Å²) in [4.78, 5) is 25.3. The monoisotopic (exact) mass is 352 g/mol. The summed E-state index contributed by atoms with van der Waals surface area (Å²) < 4.78 is 7.44. The summed E-state index contributed by atoms with van der Waals surface area (Å²) in [6.45, 7) is 1.12. The number of nitrogens with zero attached hydrogens (tertiary/aromatic N) is 4. The summed E-state index contributed by atoms with van der Waals surface area (Å²) >= 11 is 0. The van der Waals surface area contributed by atoms with E-state index in [9.17, 15) is 4.79 Å². The van der Waals surface area contributed by atoms with Gasteiger partial charge in [0.05, 0.1) is 41.6 Å². The second-order valence-electron chi connectivity index (χ2n) is 6.32. The average molecular weight is 352 g/mol. The van der Waals surface area contributed by atoms with E-state index >= 15 is 0 Å². The van der Waals surface area contributed by atoms with Crippen molar-refractivity contribution in [2.45, 2.75) is 18.5 Å². The Kier molecular flexibility index (Phi) is 4.49. The molecule has 1 saturated heterocycles. The number of anilines is 1. The highest BCUT2D eigenvalue weighted by atomic mass is 16.5. The Bertz CT molecular complexity index is 910. The maximum absolute atomic E-state index is 12.9. The Balaban J connectivity index is 1.54. The van der Waals surface area contributed by atoms with Crippen LogP contribution in [0.2, 0.25) is 0 Å². The number of ether oxygens (including phenoxy) is 1. The smallest absolute Gasteiger partial charge is 0.253 e. The maximum Gasteiger partial charge on any atom is 0.253 e. The lowest BCUT2D eigenvalue weighted by Gasteiger charge is -2.33. The Morgan fingerprint density at radius 1 is 1.27 bits per heavy atom. The van der Waals surface area contributed by atoms with Gasteiger partial charge in [0, 0.05) is 19.9 Å². The highest BCUT2D eigenvalue weighted by Gasteiger charge is 2.28. The zero-order valence-corrected chi connectivity index (χ0v) is 14.4. The number of nitrogens with one attached hydrogen (secondary N) is 2. The maximum atomic E-state index is 12.9. The SMILES string of the molecule is Cn1cnc2cccc(C(=O)N[C@H]3CCOC[C@H]3Nc3ccncn3)c21. The molecule has 1 aliphatic heterocycles. The van der Waals surface area contributed by atoms with Crippen molar-refractivity contribution in [3.05, 3.63) is 48.7 Å². The topological polar surface area (TPSA) is 94.0 Å². The summed E-state index contributed by atoms with van der Waals surface area (Å²) in [5.41, 5.74) is 2.26. The number of para-hydroxylation sites is 1. The quantitative estimate of drug-likeness (QED) is 0.736. The normalized spacial score (nSPS) is 20.0. The van der Waals surface area contributed by atoms with E-state index < -0.39 is 0 Å². The molecule has 0 saturated carbocycles. The van der Waals surface area contributed by atoms with Crippen LogP contribution in [0.15, 0.2) is 43.1 Å². The third-order valence-corrected chi connectivity index (χ3v) is 4.57. The van der Waals surface area contributed by atoms with Crippen molar-refractivity contribution in [2.24, 2.45) is 7.05 Å². The lowest BCUT2D eigenvalue weighted by Crippen LogP contribution is -2.52. The molecule has 26 heavy (non-hydrogen) atoms. The van der Waals surface area contributed by atoms with Crippen molar-refractivity contribution in [3.8, 4) is 0 Å². The van der Waals surface area contributed by atoms with E-state index in [1.807, 2.05) is 29.8 Å². The van der Waals surface area contributed by atoms with Gasteiger partial charge in [-0.15, -0.1) is 0 Å². The van der Waals surface area contributed by atoms with Crippen molar-refractivity contribution < 1.29 is 9.53 Å². The number of amides is 1. The molecule has 0 radical (unpaired) electrons. The average Bonchev–Trinajstić information content (AvgIpc) is 3.05. The number of carbonyl (C=O) groups excluding carboxylic acids is 1. The second-order valence-corrected chi connectivity index (χ2v) is 6.32. The Labute approximate surface area is 150 Å². The molecule has 134 valence electrons. The fourth-order valence-corrected chi connectivity index (χ4v) is 3.26. The van der Waals surface area contributed by atoms with Gasteiger partial charge in [0.15, 0.2) is 0 Å². The Morgan fingerprint density at radius 2 is 2.19 bits per heavy atom. The van der Waals surface area contributed by atoms with Crippen molar-refractivity contribution in [2.75, 3.05) is 18.5 Å². The van der Waals surface area contributed by atoms with Crippen LogP contribution in [-0.4, -0.2) is 50.7 Å². The molecule has 3 aromatic rings. The minimum Gasteiger partial charge on any atom is -0.379 e. The van der Waals surface area contributed by atoms with E-state index in [-0.39, 0.29) is 18.0 Å². The van der Waals surface area contributed by atoms with Crippen LogP contribution >= 0.6 is 0 Å². The van der Waals surface area contributed by atoms with E-state index in [1.54, 1.807) is 18.6 Å². The molecule has 0 bridgehead atoms. The fourth-order valence-electron chi connectivity index (χ4n) is 3.26. The van der Waals surface area contributed by atoms with Crippen LogP contribution in [0.4, 0.5) is 5.82 Å². The van der Waals surface area contributed by atoms with E-state index in [1.165, 1.54) is 6.33 Å². The molecule has 1 fully saturated rings. The van der Waals surface area contributed by atoms with Crippen LogP contribution in [0, 0.1) is 0 Å². The van der Waals surface area contributed by atoms with E-state index in [0.717, 1.165) is 17.5 Å². The number of benzene rings is 1. The molecular formula is C18H20N6O2. The molecule has 0 spiro atoms. The highest BCUT2D eigenvalue weighted by Crippen LogP contribution is 2.19. The zero-order chi connectivity index (χ0) is 17.9. The predicted octanol–water partition coefficient (Wildman–Crippen LogP) is 1.36. The summed E-state index contributed by atoms with van der Waals surface area (Å²) in [6.07, 6.45) is 5.61. The van der Waals surface area contributed by atoms with Crippen LogP contribution in [0.5, 0.6) is 0 Å². The van der Waals surface area contributed by atoms with Gasteiger partial charge in [0.2, 0.25) is 0 Å². The van der Waals surface area contributed by atoms with Crippen molar-refractivity contribution in [1.82, 2.24) is 24.8 Å². The van der Waals surface area contributed by atoms with Crippen LogP contribution < -0.4 is 10.6 Å². The van der Waals surface area contributed by atoms with Gasteiger partial charge >= 0.3 is 0 Å². The summed E-state index contributed by atoms with van der Waals surface area (Å²) in [7, 11) is 1.89. The number of aryl methyl sites for hydroxylation is 1. The summed E-state index contributed by atoms with van der Waals surface area (Å²) in [5.74, 6) is 0.601. The van der Waals surface area contributed by atoms with Crippen LogP contribution in [-0.2, 0) is 11.8 Å². The van der Waals surface area contributed by atoms with Gasteiger partial charge in [0.1, 0.15) is 12.1 Å². The number of hydrogen-bond acceptors (Lipinski definition) is 6. The van der Waals surface area contributed by atoms with E-state index in [2.05, 4.69) is 25.6 Å². The molecule has 0 unspecified atom stereocenters. The summed E-state index contributed by atoms with van der Waals surface area (Å²) in [6, 6.07) is 7.25. The highest BCUT2D eigenvalue weighted by molar-refractivity contribution is 6.05. The number of aromatic nitrogens is 4.